The van der Waals surface area contributed by atoms with Gasteiger partial charge in [-0.1, -0.05) is 18.2 Å². The van der Waals surface area contributed by atoms with Crippen LogP contribution < -0.4 is 5.32 Å². The smallest absolute Gasteiger partial charge is 0.345 e. The average molecular weight is 270 g/mol. The van der Waals surface area contributed by atoms with Gasteiger partial charge in [0.1, 0.15) is 6.33 Å². The number of amides is 1. The maximum Gasteiger partial charge on any atom is 0.416 e. The lowest BCUT2D eigenvalue weighted by atomic mass is 10.1. The van der Waals surface area contributed by atoms with E-state index < -0.39 is 17.6 Å². The Hall–Kier alpha value is -2.38. The first-order chi connectivity index (χ1) is 8.98. The quantitative estimate of drug-likeness (QED) is 0.892. The Bertz CT molecular complexity index is 566. The van der Waals surface area contributed by atoms with Crippen LogP contribution in [0.4, 0.5) is 13.2 Å². The van der Waals surface area contributed by atoms with Gasteiger partial charge in [-0.15, -0.1) is 0 Å². The third-order valence-electron chi connectivity index (χ3n) is 2.39. The molecule has 2 N–H and O–H groups in total. The number of H-pyrrole nitrogens is 1. The number of aromatic amines is 1. The van der Waals surface area contributed by atoms with Gasteiger partial charge in [0, 0.05) is 6.54 Å². The Labute approximate surface area is 105 Å². The Balaban J connectivity index is 2.10. The van der Waals surface area contributed by atoms with Crippen LogP contribution in [-0.4, -0.2) is 21.1 Å². The van der Waals surface area contributed by atoms with Gasteiger partial charge in [-0.05, 0) is 11.6 Å². The minimum Gasteiger partial charge on any atom is -0.345 e. The minimum absolute atomic E-state index is 0.0112. The van der Waals surface area contributed by atoms with E-state index in [0.717, 1.165) is 12.4 Å². The highest BCUT2D eigenvalue weighted by Gasteiger charge is 2.32. The van der Waals surface area contributed by atoms with Gasteiger partial charge in [0.25, 0.3) is 5.91 Å². The normalized spacial score (nSPS) is 11.3. The number of alkyl halides is 3. The molecule has 100 valence electrons. The first kappa shape index (κ1) is 13.1. The van der Waals surface area contributed by atoms with Crippen molar-refractivity contribution in [2.45, 2.75) is 12.7 Å². The second-order valence-corrected chi connectivity index (χ2v) is 3.67. The number of nitrogens with zero attached hydrogens (tertiary/aromatic N) is 2. The highest BCUT2D eigenvalue weighted by molar-refractivity contribution is 5.90. The summed E-state index contributed by atoms with van der Waals surface area (Å²) in [5.41, 5.74) is -0.782. The van der Waals surface area contributed by atoms with Gasteiger partial charge in [0.2, 0.25) is 5.82 Å². The van der Waals surface area contributed by atoms with Gasteiger partial charge in [0.05, 0.1) is 5.56 Å². The molecule has 0 aliphatic heterocycles. The molecule has 0 aliphatic rings. The molecule has 0 unspecified atom stereocenters. The molecule has 0 fully saturated rings. The molecular weight excluding hydrogens is 261 g/mol. The molecule has 8 heteroatoms. The van der Waals surface area contributed by atoms with Crippen molar-refractivity contribution >= 4 is 5.91 Å². The molecule has 0 atom stereocenters. The maximum atomic E-state index is 12.7. The fourth-order valence-corrected chi connectivity index (χ4v) is 1.53. The summed E-state index contributed by atoms with van der Waals surface area (Å²) in [5.74, 6) is -0.668. The number of halogens is 3. The van der Waals surface area contributed by atoms with Gasteiger partial charge < -0.3 is 5.32 Å². The predicted molar refractivity (Wildman–Crippen MR) is 59.0 cm³/mol. The zero-order chi connectivity index (χ0) is 13.9. The number of aromatic nitrogens is 3. The van der Waals surface area contributed by atoms with Crippen molar-refractivity contribution in [1.29, 1.82) is 0 Å². The van der Waals surface area contributed by atoms with Crippen LogP contribution in [0.25, 0.3) is 0 Å². The fourth-order valence-electron chi connectivity index (χ4n) is 1.53. The highest BCUT2D eigenvalue weighted by atomic mass is 19.4. The average Bonchev–Trinajstić information content (AvgIpc) is 2.89. The van der Waals surface area contributed by atoms with Gasteiger partial charge in [0.15, 0.2) is 0 Å². The molecule has 19 heavy (non-hydrogen) atoms. The summed E-state index contributed by atoms with van der Waals surface area (Å²) in [6.45, 7) is -0.241. The summed E-state index contributed by atoms with van der Waals surface area (Å²) in [7, 11) is 0. The first-order valence-corrected chi connectivity index (χ1v) is 5.27. The Morgan fingerprint density at radius 1 is 1.32 bits per heavy atom. The van der Waals surface area contributed by atoms with E-state index in [4.69, 9.17) is 0 Å². The molecule has 0 aliphatic carbocycles. The Kier molecular flexibility index (Phi) is 3.50. The van der Waals surface area contributed by atoms with E-state index in [2.05, 4.69) is 20.5 Å². The second-order valence-electron chi connectivity index (χ2n) is 3.67. The fraction of sp³-hybridized carbons (Fsp3) is 0.182. The third-order valence-corrected chi connectivity index (χ3v) is 2.39. The third kappa shape index (κ3) is 3.09. The largest absolute Gasteiger partial charge is 0.416 e. The topological polar surface area (TPSA) is 70.7 Å². The van der Waals surface area contributed by atoms with Crippen LogP contribution in [0.5, 0.6) is 0 Å². The number of carbonyl (C=O) groups excluding carboxylic acids is 1. The summed E-state index contributed by atoms with van der Waals surface area (Å²) >= 11 is 0. The zero-order valence-corrected chi connectivity index (χ0v) is 9.53. The number of hydrogen-bond donors (Lipinski definition) is 2. The second kappa shape index (κ2) is 5.09. The molecule has 2 aromatic rings. The van der Waals surface area contributed by atoms with Crippen LogP contribution in [0.1, 0.15) is 21.7 Å². The molecule has 0 saturated carbocycles. The lowest BCUT2D eigenvalue weighted by Crippen LogP contribution is -2.25. The molecule has 2 rings (SSSR count). The van der Waals surface area contributed by atoms with Crippen LogP contribution in [0.2, 0.25) is 0 Å². The molecule has 1 aromatic carbocycles. The van der Waals surface area contributed by atoms with Crippen LogP contribution in [-0.2, 0) is 12.7 Å². The van der Waals surface area contributed by atoms with Crippen molar-refractivity contribution < 1.29 is 18.0 Å². The summed E-state index contributed by atoms with van der Waals surface area (Å²) < 4.78 is 38.1. The molecule has 0 radical (unpaired) electrons. The van der Waals surface area contributed by atoms with Gasteiger partial charge in [-0.25, -0.2) is 4.98 Å². The van der Waals surface area contributed by atoms with Crippen molar-refractivity contribution in [2.24, 2.45) is 0 Å². The molecule has 1 amide bonds. The summed E-state index contributed by atoms with van der Waals surface area (Å²) in [6.07, 6.45) is -3.31. The molecule has 0 spiro atoms. The number of hydrogen-bond acceptors (Lipinski definition) is 3. The van der Waals surface area contributed by atoms with E-state index in [1.54, 1.807) is 0 Å². The van der Waals surface area contributed by atoms with Crippen molar-refractivity contribution in [3.8, 4) is 0 Å². The highest BCUT2D eigenvalue weighted by Crippen LogP contribution is 2.31. The molecule has 0 bridgehead atoms. The van der Waals surface area contributed by atoms with E-state index in [1.165, 1.54) is 18.2 Å². The van der Waals surface area contributed by atoms with Crippen molar-refractivity contribution in [3.63, 3.8) is 0 Å². The lowest BCUT2D eigenvalue weighted by molar-refractivity contribution is -0.138. The number of benzene rings is 1. The number of rotatable bonds is 3. The first-order valence-electron chi connectivity index (χ1n) is 5.27. The van der Waals surface area contributed by atoms with Gasteiger partial charge in [-0.3, -0.25) is 9.89 Å². The number of carbonyl (C=O) groups is 1. The maximum absolute atomic E-state index is 12.7. The Morgan fingerprint density at radius 2 is 2.05 bits per heavy atom. The van der Waals surface area contributed by atoms with Gasteiger partial charge in [-0.2, -0.15) is 18.3 Å². The van der Waals surface area contributed by atoms with E-state index in [-0.39, 0.29) is 17.9 Å². The van der Waals surface area contributed by atoms with Crippen LogP contribution >= 0.6 is 0 Å². The molecule has 5 nitrogen and oxygen atoms in total. The standard InChI is InChI=1S/C11H9F3N4O/c12-11(13,14)8-4-2-1-3-7(8)5-15-10(19)9-16-6-17-18-9/h1-4,6H,5H2,(H,15,19)(H,16,17,18). The van der Waals surface area contributed by atoms with Crippen LogP contribution in [0, 0.1) is 0 Å². The van der Waals surface area contributed by atoms with Gasteiger partial charge >= 0.3 is 6.18 Å². The lowest BCUT2D eigenvalue weighted by Gasteiger charge is -2.12. The molecular formula is C11H9F3N4O. The SMILES string of the molecule is O=C(NCc1ccccc1C(F)(F)F)c1ncn[nH]1. The zero-order valence-electron chi connectivity index (χ0n) is 9.53. The van der Waals surface area contributed by atoms with Crippen molar-refractivity contribution in [1.82, 2.24) is 20.5 Å². The molecule has 0 saturated heterocycles. The monoisotopic (exact) mass is 270 g/mol. The van der Waals surface area contributed by atoms with Crippen LogP contribution in [0.3, 0.4) is 0 Å². The van der Waals surface area contributed by atoms with Crippen LogP contribution in [0.15, 0.2) is 30.6 Å². The summed E-state index contributed by atoms with van der Waals surface area (Å²) in [5, 5.41) is 8.14. The molecule has 1 aromatic heterocycles. The van der Waals surface area contributed by atoms with Crippen molar-refractivity contribution in [2.75, 3.05) is 0 Å². The van der Waals surface area contributed by atoms with Crippen molar-refractivity contribution in [3.05, 3.63) is 47.5 Å². The van der Waals surface area contributed by atoms with E-state index in [0.29, 0.717) is 0 Å². The number of nitrogens with one attached hydrogen (secondary N) is 2. The minimum atomic E-state index is -4.45. The predicted octanol–water partition coefficient (Wildman–Crippen LogP) is 1.75. The van der Waals surface area contributed by atoms with E-state index in [1.807, 2.05) is 0 Å². The Morgan fingerprint density at radius 3 is 2.68 bits per heavy atom. The summed E-state index contributed by atoms with van der Waals surface area (Å²) in [6, 6.07) is 5.05. The summed E-state index contributed by atoms with van der Waals surface area (Å²) in [4.78, 5) is 15.1. The van der Waals surface area contributed by atoms with E-state index in [9.17, 15) is 18.0 Å². The van der Waals surface area contributed by atoms with E-state index >= 15 is 0 Å². The molecule has 1 heterocycles.